The first-order chi connectivity index (χ1) is 29.9. The van der Waals surface area contributed by atoms with Crippen LogP contribution in [-0.4, -0.2) is 11.6 Å². The van der Waals surface area contributed by atoms with Crippen LogP contribution in [0.3, 0.4) is 0 Å². The van der Waals surface area contributed by atoms with Gasteiger partial charge in [0.2, 0.25) is 0 Å². The summed E-state index contributed by atoms with van der Waals surface area (Å²) in [6.07, 6.45) is -0.721. The number of aryl methyl sites for hydroxylation is 2. The molecule has 0 amide bonds. The van der Waals surface area contributed by atoms with Gasteiger partial charge in [-0.2, -0.15) is 0 Å². The van der Waals surface area contributed by atoms with E-state index in [1.54, 1.807) is 0 Å². The van der Waals surface area contributed by atoms with Gasteiger partial charge in [-0.05, 0) is 26.0 Å². The van der Waals surface area contributed by atoms with Gasteiger partial charge < -0.3 is 10.2 Å². The van der Waals surface area contributed by atoms with Crippen LogP contribution in [0.5, 0.6) is 0 Å². The van der Waals surface area contributed by atoms with Gasteiger partial charge in [0.25, 0.3) is 0 Å². The molecule has 1 radical (unpaired) electrons. The molecule has 0 aromatic heterocycles. The fourth-order valence-electron chi connectivity index (χ4n) is 4.75. The van der Waals surface area contributed by atoms with Crippen LogP contribution in [0, 0.1) is 107 Å². The summed E-state index contributed by atoms with van der Waals surface area (Å²) in [6.45, 7) is 4.17. The zero-order valence-corrected chi connectivity index (χ0v) is 33.2. The Bertz CT molecular complexity index is 2470. The Balaban J connectivity index is 0.000000339. The Labute approximate surface area is 366 Å². The molecule has 0 heterocycles. The molecule has 4 nitrogen and oxygen atoms in total. The molecule has 65 heavy (non-hydrogen) atoms. The number of halogens is 16. The third-order valence-electron chi connectivity index (χ3n) is 7.84. The van der Waals surface area contributed by atoms with Gasteiger partial charge in [0.15, 0.2) is 105 Å². The van der Waals surface area contributed by atoms with E-state index in [-0.39, 0.29) is 53.5 Å². The number of benzene rings is 6. The molecule has 6 aromatic rings. The Morgan fingerprint density at radius 3 is 0.708 bits per heavy atom. The van der Waals surface area contributed by atoms with E-state index in [1.807, 2.05) is 36.4 Å². The molecule has 0 saturated heterocycles. The fraction of sp³-hybridized carbons (Fsp3) is 0.0455. The first-order valence-corrected chi connectivity index (χ1v) is 17.1. The van der Waals surface area contributed by atoms with Crippen LogP contribution in [0.4, 0.5) is 70.2 Å². The number of allylic oxidation sites excluding steroid dienone is 2. The Morgan fingerprint density at radius 1 is 0.354 bits per heavy atom. The first kappa shape index (κ1) is 54.3. The monoisotopic (exact) mass is 981 g/mol. The predicted molar refractivity (Wildman–Crippen MR) is 192 cm³/mol. The van der Waals surface area contributed by atoms with Crippen molar-refractivity contribution in [1.82, 2.24) is 0 Å². The molecule has 0 saturated carbocycles. The molecule has 6 rings (SSSR count). The van der Waals surface area contributed by atoms with E-state index in [0.717, 1.165) is 0 Å². The standard InChI is InChI=1S/2C15H4F8O2.2C7H8.Cu/c2*16-4-1-5(17)13(21)10(12(4)20)8(24)3-9(25)11-14(22)6(18)2-7(19)15(11)23;2*1-7-5-3-2-4-6-7;/h2*1-3,24H;2*2-6H,1H3;/q;;;;+2/p-2/b2*8-3-;;;. The minimum absolute atomic E-state index is 0. The van der Waals surface area contributed by atoms with Crippen molar-refractivity contribution in [2.45, 2.75) is 13.8 Å². The first-order valence-electron chi connectivity index (χ1n) is 17.1. The molecule has 0 fully saturated rings. The second-order valence-corrected chi connectivity index (χ2v) is 12.4. The van der Waals surface area contributed by atoms with E-state index in [4.69, 9.17) is 0 Å². The third-order valence-corrected chi connectivity index (χ3v) is 7.84. The van der Waals surface area contributed by atoms with Crippen LogP contribution >= 0.6 is 0 Å². The average molecular weight is 982 g/mol. The number of rotatable bonds is 6. The summed E-state index contributed by atoms with van der Waals surface area (Å²) in [6, 6.07) is 19.7. The summed E-state index contributed by atoms with van der Waals surface area (Å²) < 4.78 is 212. The van der Waals surface area contributed by atoms with E-state index < -0.39 is 138 Å². The molecule has 0 aliphatic heterocycles. The topological polar surface area (TPSA) is 80.3 Å². The minimum Gasteiger partial charge on any atom is -0.872 e. The number of carbonyl (C=O) groups is 2. The maximum Gasteiger partial charge on any atom is 2.00 e. The predicted octanol–water partition coefficient (Wildman–Crippen LogP) is 10.8. The van der Waals surface area contributed by atoms with Crippen molar-refractivity contribution in [1.29, 1.82) is 0 Å². The molecule has 0 aliphatic carbocycles. The van der Waals surface area contributed by atoms with Crippen molar-refractivity contribution in [2.24, 2.45) is 0 Å². The van der Waals surface area contributed by atoms with Crippen LogP contribution in [0.2, 0.25) is 0 Å². The molecule has 6 aromatic carbocycles. The SMILES string of the molecule is Cc1ccccc1.Cc1ccccc1.O=C(/C=C(\[O-])c1c(F)c(F)cc(F)c1F)c1c(F)c(F)cc(F)c1F.O=C(/C=C(\[O-])c1c(F)c(F)cc(F)c1F)c1c(F)c(F)cc(F)c1F.[Cu+2]. The molecule has 345 valence electrons. The molecule has 0 N–H and O–H groups in total. The van der Waals surface area contributed by atoms with Crippen molar-refractivity contribution in [2.75, 3.05) is 0 Å². The van der Waals surface area contributed by atoms with Gasteiger partial charge in [-0.15, -0.1) is 0 Å². The summed E-state index contributed by atoms with van der Waals surface area (Å²) in [5.41, 5.74) is -4.79. The second kappa shape index (κ2) is 23.7. The zero-order chi connectivity index (χ0) is 48.3. The number of carbonyl (C=O) groups excluding carboxylic acids is 2. The molecule has 0 aliphatic rings. The largest absolute Gasteiger partial charge is 2.00 e. The zero-order valence-electron chi connectivity index (χ0n) is 32.2. The van der Waals surface area contributed by atoms with Crippen LogP contribution in [0.1, 0.15) is 43.0 Å². The van der Waals surface area contributed by atoms with Crippen molar-refractivity contribution in [3.05, 3.63) is 224 Å². The van der Waals surface area contributed by atoms with Crippen molar-refractivity contribution < 1.29 is 107 Å². The second-order valence-electron chi connectivity index (χ2n) is 12.4. The van der Waals surface area contributed by atoms with Gasteiger partial charge in [0.05, 0.1) is 11.1 Å². The van der Waals surface area contributed by atoms with Crippen LogP contribution in [-0.2, 0) is 17.1 Å². The smallest absolute Gasteiger partial charge is 0.872 e. The summed E-state index contributed by atoms with van der Waals surface area (Å²) in [5.74, 6) is -41.2. The van der Waals surface area contributed by atoms with Crippen molar-refractivity contribution in [3.8, 4) is 0 Å². The van der Waals surface area contributed by atoms with Crippen LogP contribution < -0.4 is 10.2 Å². The molecule has 0 spiro atoms. The van der Waals surface area contributed by atoms with Gasteiger partial charge in [-0.1, -0.05) is 83.3 Å². The van der Waals surface area contributed by atoms with Gasteiger partial charge in [0.1, 0.15) is 0 Å². The average Bonchev–Trinajstić information content (AvgIpc) is 3.22. The quantitative estimate of drug-likeness (QED) is 0.0416. The van der Waals surface area contributed by atoms with Gasteiger partial charge in [0, 0.05) is 35.4 Å². The Morgan fingerprint density at radius 2 is 0.538 bits per heavy atom. The van der Waals surface area contributed by atoms with Crippen molar-refractivity contribution >= 4 is 23.1 Å². The van der Waals surface area contributed by atoms with E-state index in [9.17, 15) is 90.0 Å². The fourth-order valence-corrected chi connectivity index (χ4v) is 4.75. The van der Waals surface area contributed by atoms with E-state index in [1.165, 1.54) is 11.1 Å². The molecular formula is C44H22CuF16O4. The normalized spacial score (nSPS) is 10.9. The summed E-state index contributed by atoms with van der Waals surface area (Å²) >= 11 is 0. The van der Waals surface area contributed by atoms with Crippen LogP contribution in [0.25, 0.3) is 11.5 Å². The maximum absolute atomic E-state index is 13.4. The minimum atomic E-state index is -2.17. The summed E-state index contributed by atoms with van der Waals surface area (Å²) in [5, 5.41) is 23.3. The number of hydrogen-bond acceptors (Lipinski definition) is 4. The molecule has 21 heteroatoms. The van der Waals surface area contributed by atoms with Crippen molar-refractivity contribution in [3.63, 3.8) is 0 Å². The van der Waals surface area contributed by atoms with Gasteiger partial charge in [-0.3, -0.25) is 9.59 Å². The molecular weight excluding hydrogens is 960 g/mol. The van der Waals surface area contributed by atoms with Gasteiger partial charge >= 0.3 is 17.1 Å². The van der Waals surface area contributed by atoms with E-state index in [2.05, 4.69) is 38.1 Å². The number of hydrogen-bond donors (Lipinski definition) is 0. The third kappa shape index (κ3) is 13.6. The Kier molecular flexibility index (Phi) is 19.8. The summed E-state index contributed by atoms with van der Waals surface area (Å²) in [4.78, 5) is 23.3. The number of ketones is 2. The van der Waals surface area contributed by atoms with E-state index in [0.29, 0.717) is 0 Å². The molecule has 0 unspecified atom stereocenters. The van der Waals surface area contributed by atoms with Gasteiger partial charge in [-0.25, -0.2) is 70.2 Å². The van der Waals surface area contributed by atoms with E-state index >= 15 is 0 Å². The van der Waals surface area contributed by atoms with Crippen LogP contribution in [0.15, 0.2) is 97.1 Å². The molecule has 0 bridgehead atoms. The summed E-state index contributed by atoms with van der Waals surface area (Å²) in [7, 11) is 0. The Hall–Kier alpha value is -6.86. The molecule has 0 atom stereocenters. The maximum atomic E-state index is 13.4.